The van der Waals surface area contributed by atoms with Gasteiger partial charge < -0.3 is 9.47 Å². The second-order valence-corrected chi connectivity index (χ2v) is 9.23. The minimum atomic E-state index is -3.95. The molecule has 0 aromatic heterocycles. The van der Waals surface area contributed by atoms with E-state index in [0.29, 0.717) is 25.2 Å². The highest BCUT2D eigenvalue weighted by Gasteiger charge is 2.41. The van der Waals surface area contributed by atoms with E-state index >= 15 is 0 Å². The monoisotopic (exact) mass is 460 g/mol. The number of ether oxygens (including phenoxy) is 2. The summed E-state index contributed by atoms with van der Waals surface area (Å²) in [5.74, 6) is 0.0288. The fourth-order valence-corrected chi connectivity index (χ4v) is 5.10. The summed E-state index contributed by atoms with van der Waals surface area (Å²) < 4.78 is 39.0. The molecule has 0 spiro atoms. The Morgan fingerprint density at radius 1 is 1.16 bits per heavy atom. The van der Waals surface area contributed by atoms with Crippen LogP contribution >= 0.6 is 0 Å². The predicted molar refractivity (Wildman–Crippen MR) is 119 cm³/mol. The second-order valence-electron chi connectivity index (χ2n) is 7.34. The lowest BCUT2D eigenvalue weighted by molar-refractivity contribution is -0.138. The standard InChI is InChI=1S/C23H28N2O6S/c1-3-15-31-24-23(26)22-14-11-20(29-2)16-25(22)32(27,28)21-12-9-19(10-13-21)30-17-18-7-5-4-6-8-18/h3-10,12-13,20,22H,1,11,14-17H2,2H3,(H,24,26). The van der Waals surface area contributed by atoms with Crippen LogP contribution < -0.4 is 10.2 Å². The fourth-order valence-electron chi connectivity index (χ4n) is 3.45. The van der Waals surface area contributed by atoms with Gasteiger partial charge in [-0.2, -0.15) is 4.31 Å². The third kappa shape index (κ3) is 5.95. The van der Waals surface area contributed by atoms with Crippen LogP contribution in [0, 0.1) is 0 Å². The molecule has 0 aliphatic carbocycles. The summed E-state index contributed by atoms with van der Waals surface area (Å²) >= 11 is 0. The number of hydrogen-bond acceptors (Lipinski definition) is 6. The molecule has 1 N–H and O–H groups in total. The van der Waals surface area contributed by atoms with Crippen LogP contribution in [0.25, 0.3) is 0 Å². The average molecular weight is 461 g/mol. The number of amides is 1. The number of hydrogen-bond donors (Lipinski definition) is 1. The van der Waals surface area contributed by atoms with Crippen molar-refractivity contribution in [1.29, 1.82) is 0 Å². The van der Waals surface area contributed by atoms with Gasteiger partial charge in [-0.25, -0.2) is 13.9 Å². The van der Waals surface area contributed by atoms with Crippen molar-refractivity contribution in [1.82, 2.24) is 9.79 Å². The number of nitrogens with one attached hydrogen (secondary N) is 1. The molecule has 1 aliphatic heterocycles. The van der Waals surface area contributed by atoms with Crippen LogP contribution in [-0.2, 0) is 31.0 Å². The minimum Gasteiger partial charge on any atom is -0.489 e. The third-order valence-corrected chi connectivity index (χ3v) is 7.07. The van der Waals surface area contributed by atoms with Crippen LogP contribution in [0.5, 0.6) is 5.75 Å². The highest BCUT2D eigenvalue weighted by molar-refractivity contribution is 7.89. The Balaban J connectivity index is 1.74. The molecule has 2 aromatic carbocycles. The summed E-state index contributed by atoms with van der Waals surface area (Å²) in [4.78, 5) is 17.7. The van der Waals surface area contributed by atoms with Crippen molar-refractivity contribution < 1.29 is 27.5 Å². The van der Waals surface area contributed by atoms with Gasteiger partial charge in [0.1, 0.15) is 18.4 Å². The Morgan fingerprint density at radius 3 is 2.53 bits per heavy atom. The SMILES string of the molecule is C=CCONC(=O)C1CCC(OC)CN1S(=O)(=O)c1ccc(OCc2ccccc2)cc1. The zero-order valence-corrected chi connectivity index (χ0v) is 18.8. The van der Waals surface area contributed by atoms with Crippen molar-refractivity contribution in [3.63, 3.8) is 0 Å². The Labute approximate surface area is 188 Å². The normalized spacial score (nSPS) is 19.3. The average Bonchev–Trinajstić information content (AvgIpc) is 2.83. The van der Waals surface area contributed by atoms with Gasteiger partial charge in [0.05, 0.1) is 17.6 Å². The van der Waals surface area contributed by atoms with Crippen molar-refractivity contribution in [2.75, 3.05) is 20.3 Å². The van der Waals surface area contributed by atoms with Gasteiger partial charge in [0.25, 0.3) is 5.91 Å². The maximum Gasteiger partial charge on any atom is 0.261 e. The first-order valence-corrected chi connectivity index (χ1v) is 11.7. The van der Waals surface area contributed by atoms with E-state index in [1.807, 2.05) is 30.3 Å². The maximum absolute atomic E-state index is 13.4. The van der Waals surface area contributed by atoms with Gasteiger partial charge in [-0.1, -0.05) is 36.4 Å². The number of methoxy groups -OCH3 is 1. The van der Waals surface area contributed by atoms with Gasteiger partial charge >= 0.3 is 0 Å². The number of rotatable bonds is 10. The molecular formula is C23H28N2O6S. The molecule has 0 saturated carbocycles. The zero-order chi connectivity index (χ0) is 23.0. The van der Waals surface area contributed by atoms with Crippen LogP contribution in [0.4, 0.5) is 0 Å². The number of benzene rings is 2. The van der Waals surface area contributed by atoms with E-state index in [0.717, 1.165) is 5.56 Å². The van der Waals surface area contributed by atoms with Crippen LogP contribution in [0.15, 0.2) is 72.1 Å². The summed E-state index contributed by atoms with van der Waals surface area (Å²) in [6.45, 7) is 4.08. The Morgan fingerprint density at radius 2 is 1.88 bits per heavy atom. The molecule has 0 radical (unpaired) electrons. The van der Waals surface area contributed by atoms with Crippen molar-refractivity contribution >= 4 is 15.9 Å². The Kier molecular flexibility index (Phi) is 8.40. The van der Waals surface area contributed by atoms with Crippen LogP contribution in [0.3, 0.4) is 0 Å². The van der Waals surface area contributed by atoms with E-state index in [1.54, 1.807) is 12.1 Å². The van der Waals surface area contributed by atoms with Gasteiger partial charge in [-0.3, -0.25) is 9.63 Å². The first-order valence-electron chi connectivity index (χ1n) is 10.3. The van der Waals surface area contributed by atoms with E-state index in [2.05, 4.69) is 12.1 Å². The largest absolute Gasteiger partial charge is 0.489 e. The smallest absolute Gasteiger partial charge is 0.261 e. The van der Waals surface area contributed by atoms with E-state index in [1.165, 1.54) is 29.6 Å². The molecule has 1 saturated heterocycles. The molecule has 172 valence electrons. The van der Waals surface area contributed by atoms with E-state index in [9.17, 15) is 13.2 Å². The van der Waals surface area contributed by atoms with E-state index in [4.69, 9.17) is 14.3 Å². The number of nitrogens with zero attached hydrogens (tertiary/aromatic N) is 1. The quantitative estimate of drug-likeness (QED) is 0.333. The number of carbonyl (C=O) groups excluding carboxylic acids is 1. The molecule has 0 bridgehead atoms. The topological polar surface area (TPSA) is 94.2 Å². The van der Waals surface area contributed by atoms with Gasteiger partial charge in [0.15, 0.2) is 0 Å². The lowest BCUT2D eigenvalue weighted by Gasteiger charge is -2.37. The summed E-state index contributed by atoms with van der Waals surface area (Å²) in [5.41, 5.74) is 3.31. The molecule has 2 unspecified atom stereocenters. The fraction of sp³-hybridized carbons (Fsp3) is 0.348. The number of sulfonamides is 1. The van der Waals surface area contributed by atoms with Gasteiger partial charge in [0.2, 0.25) is 10.0 Å². The second kappa shape index (κ2) is 11.2. The molecule has 3 rings (SSSR count). The highest BCUT2D eigenvalue weighted by atomic mass is 32.2. The summed E-state index contributed by atoms with van der Waals surface area (Å²) in [6, 6.07) is 15.0. The molecule has 1 heterocycles. The first-order chi connectivity index (χ1) is 15.5. The van der Waals surface area contributed by atoms with Crippen LogP contribution in [0.2, 0.25) is 0 Å². The first kappa shape index (κ1) is 23.9. The molecular weight excluding hydrogens is 432 g/mol. The lowest BCUT2D eigenvalue weighted by atomic mass is 10.0. The number of piperidine rings is 1. The molecule has 1 amide bonds. The van der Waals surface area contributed by atoms with Gasteiger partial charge in [-0.15, -0.1) is 6.58 Å². The highest BCUT2D eigenvalue weighted by Crippen LogP contribution is 2.28. The maximum atomic E-state index is 13.4. The van der Waals surface area contributed by atoms with Crippen molar-refractivity contribution in [3.8, 4) is 5.75 Å². The Bertz CT molecular complexity index is 995. The van der Waals surface area contributed by atoms with Crippen molar-refractivity contribution in [2.45, 2.75) is 36.5 Å². The van der Waals surface area contributed by atoms with Crippen LogP contribution in [0.1, 0.15) is 18.4 Å². The summed E-state index contributed by atoms with van der Waals surface area (Å²) in [5, 5.41) is 0. The Hall–Kier alpha value is -2.72. The van der Waals surface area contributed by atoms with Crippen molar-refractivity contribution in [2.24, 2.45) is 0 Å². The van der Waals surface area contributed by atoms with Crippen molar-refractivity contribution in [3.05, 3.63) is 72.8 Å². The molecule has 32 heavy (non-hydrogen) atoms. The van der Waals surface area contributed by atoms with Gasteiger partial charge in [0, 0.05) is 13.7 Å². The molecule has 1 aliphatic rings. The third-order valence-electron chi connectivity index (χ3n) is 5.18. The summed E-state index contributed by atoms with van der Waals surface area (Å²) in [7, 11) is -2.42. The summed E-state index contributed by atoms with van der Waals surface area (Å²) in [6.07, 6.45) is 2.07. The minimum absolute atomic E-state index is 0.0740. The van der Waals surface area contributed by atoms with Crippen LogP contribution in [-0.4, -0.2) is 51.0 Å². The molecule has 1 fully saturated rings. The molecule has 8 nitrogen and oxygen atoms in total. The zero-order valence-electron chi connectivity index (χ0n) is 18.0. The van der Waals surface area contributed by atoms with E-state index in [-0.39, 0.29) is 24.2 Å². The van der Waals surface area contributed by atoms with E-state index < -0.39 is 22.0 Å². The lowest BCUT2D eigenvalue weighted by Crippen LogP contribution is -2.55. The molecule has 9 heteroatoms. The number of carbonyl (C=O) groups is 1. The number of hydroxylamine groups is 1. The van der Waals surface area contributed by atoms with Gasteiger partial charge in [-0.05, 0) is 42.7 Å². The predicted octanol–water partition coefficient (Wildman–Crippen LogP) is 2.67. The molecule has 2 aromatic rings. The molecule has 2 atom stereocenters.